The molecular weight excluding hydrogens is 463 g/mol. The first-order valence-corrected chi connectivity index (χ1v) is 13.6. The van der Waals surface area contributed by atoms with Crippen LogP contribution in [0, 0.1) is 5.92 Å². The zero-order valence-corrected chi connectivity index (χ0v) is 21.9. The van der Waals surface area contributed by atoms with Crippen LogP contribution in [0.15, 0.2) is 42.6 Å². The van der Waals surface area contributed by atoms with Crippen molar-refractivity contribution in [2.75, 3.05) is 6.61 Å². The summed E-state index contributed by atoms with van der Waals surface area (Å²) in [6, 6.07) is 10.9. The largest absolute Gasteiger partial charge is 0.462 e. The summed E-state index contributed by atoms with van der Waals surface area (Å²) in [6.45, 7) is 3.86. The van der Waals surface area contributed by atoms with Crippen molar-refractivity contribution >= 4 is 5.97 Å². The molecule has 1 aromatic heterocycles. The fraction of sp³-hybridized carbons (Fsp3) is 0.600. The van der Waals surface area contributed by atoms with Gasteiger partial charge >= 0.3 is 12.1 Å². The summed E-state index contributed by atoms with van der Waals surface area (Å²) < 4.78 is 44.5. The Labute approximate surface area is 214 Å². The van der Waals surface area contributed by atoms with Gasteiger partial charge in [0.15, 0.2) is 0 Å². The molecule has 0 radical (unpaired) electrons. The first-order chi connectivity index (χ1) is 17.3. The quantitative estimate of drug-likeness (QED) is 0.159. The predicted molar refractivity (Wildman–Crippen MR) is 140 cm³/mol. The molecule has 0 saturated heterocycles. The van der Waals surface area contributed by atoms with Gasteiger partial charge in [-0.25, -0.2) is 4.79 Å². The second-order valence-corrected chi connectivity index (χ2v) is 9.66. The van der Waals surface area contributed by atoms with Crippen molar-refractivity contribution in [2.45, 2.75) is 103 Å². The summed E-state index contributed by atoms with van der Waals surface area (Å²) >= 11 is 0. The molecule has 0 N–H and O–H groups in total. The van der Waals surface area contributed by atoms with E-state index in [1.54, 1.807) is 24.3 Å². The number of ether oxygens (including phenoxy) is 1. The Morgan fingerprint density at radius 2 is 1.47 bits per heavy atom. The van der Waals surface area contributed by atoms with Gasteiger partial charge in [0.2, 0.25) is 0 Å². The fourth-order valence-electron chi connectivity index (χ4n) is 4.28. The van der Waals surface area contributed by atoms with Gasteiger partial charge in [0, 0.05) is 11.8 Å². The van der Waals surface area contributed by atoms with Crippen molar-refractivity contribution in [1.29, 1.82) is 0 Å². The van der Waals surface area contributed by atoms with Crippen LogP contribution in [0.4, 0.5) is 13.2 Å². The number of aryl methyl sites for hydroxylation is 1. The molecule has 1 atom stereocenters. The number of nitrogens with zero attached hydrogens (tertiary/aromatic N) is 1. The molecule has 2 aromatic rings. The lowest BCUT2D eigenvalue weighted by Crippen LogP contribution is -2.25. The lowest BCUT2D eigenvalue weighted by molar-refractivity contribution is -0.180. The van der Waals surface area contributed by atoms with Gasteiger partial charge in [0.25, 0.3) is 0 Å². The van der Waals surface area contributed by atoms with Crippen LogP contribution in [-0.4, -0.2) is 23.7 Å². The highest BCUT2D eigenvalue weighted by atomic mass is 19.4. The smallest absolute Gasteiger partial charge is 0.391 e. The summed E-state index contributed by atoms with van der Waals surface area (Å²) in [4.78, 5) is 16.8. The molecule has 0 aliphatic carbocycles. The number of benzene rings is 1. The molecular formula is C30H42F3NO2. The second-order valence-electron chi connectivity index (χ2n) is 9.66. The van der Waals surface area contributed by atoms with Crippen LogP contribution >= 0.6 is 0 Å². The van der Waals surface area contributed by atoms with E-state index >= 15 is 0 Å². The van der Waals surface area contributed by atoms with Crippen molar-refractivity contribution in [3.8, 4) is 11.3 Å². The minimum Gasteiger partial charge on any atom is -0.462 e. The molecule has 1 aromatic carbocycles. The number of rotatable bonds is 17. The topological polar surface area (TPSA) is 39.2 Å². The summed E-state index contributed by atoms with van der Waals surface area (Å²) in [7, 11) is 0. The number of pyridine rings is 1. The van der Waals surface area contributed by atoms with Gasteiger partial charge in [-0.1, -0.05) is 89.8 Å². The molecule has 1 unspecified atom stereocenters. The molecule has 36 heavy (non-hydrogen) atoms. The van der Waals surface area contributed by atoms with E-state index in [0.717, 1.165) is 17.7 Å². The summed E-state index contributed by atoms with van der Waals surface area (Å²) in [6.07, 6.45) is 10.1. The number of carbonyl (C=O) groups is 1. The van der Waals surface area contributed by atoms with Crippen LogP contribution in [-0.2, 0) is 11.2 Å². The Morgan fingerprint density at radius 1 is 0.833 bits per heavy atom. The first kappa shape index (κ1) is 29.9. The summed E-state index contributed by atoms with van der Waals surface area (Å²) in [5.74, 6) is -2.04. The maximum Gasteiger partial charge on any atom is 0.391 e. The van der Waals surface area contributed by atoms with Gasteiger partial charge in [-0.3, -0.25) is 4.98 Å². The molecule has 0 bridgehead atoms. The molecule has 0 aliphatic heterocycles. The van der Waals surface area contributed by atoms with E-state index < -0.39 is 18.1 Å². The van der Waals surface area contributed by atoms with Gasteiger partial charge in [-0.2, -0.15) is 13.2 Å². The molecule has 2 rings (SSSR count). The van der Waals surface area contributed by atoms with Gasteiger partial charge in [0.1, 0.15) is 0 Å². The van der Waals surface area contributed by atoms with E-state index in [9.17, 15) is 18.0 Å². The summed E-state index contributed by atoms with van der Waals surface area (Å²) in [5, 5.41) is 0. The van der Waals surface area contributed by atoms with Crippen molar-refractivity contribution in [1.82, 2.24) is 4.98 Å². The Morgan fingerprint density at radius 3 is 2.06 bits per heavy atom. The molecule has 0 aliphatic rings. The molecule has 0 saturated carbocycles. The number of carbonyl (C=O) groups excluding carboxylic acids is 1. The van der Waals surface area contributed by atoms with Gasteiger partial charge < -0.3 is 4.74 Å². The van der Waals surface area contributed by atoms with E-state index in [1.165, 1.54) is 56.9 Å². The Hall–Kier alpha value is -2.37. The normalized spacial score (nSPS) is 12.5. The number of halogens is 3. The first-order valence-electron chi connectivity index (χ1n) is 13.6. The summed E-state index contributed by atoms with van der Waals surface area (Å²) in [5.41, 5.74) is 3.24. The zero-order chi connectivity index (χ0) is 26.2. The van der Waals surface area contributed by atoms with Crippen LogP contribution in [0.3, 0.4) is 0 Å². The molecule has 200 valence electrons. The van der Waals surface area contributed by atoms with Crippen LogP contribution in [0.1, 0.15) is 107 Å². The number of hydrogen-bond donors (Lipinski definition) is 0. The average Bonchev–Trinajstić information content (AvgIpc) is 2.87. The van der Waals surface area contributed by atoms with Crippen LogP contribution < -0.4 is 0 Å². The molecule has 6 heteroatoms. The number of esters is 1. The highest BCUT2D eigenvalue weighted by Crippen LogP contribution is 2.33. The number of unbranched alkanes of at least 4 members (excludes halogenated alkanes) is 8. The predicted octanol–water partition coefficient (Wildman–Crippen LogP) is 9.35. The van der Waals surface area contributed by atoms with Crippen molar-refractivity contribution in [3.05, 3.63) is 53.7 Å². The average molecular weight is 506 g/mol. The van der Waals surface area contributed by atoms with Crippen molar-refractivity contribution in [3.63, 3.8) is 0 Å². The fourth-order valence-corrected chi connectivity index (χ4v) is 4.28. The van der Waals surface area contributed by atoms with E-state index in [2.05, 4.69) is 18.0 Å². The second kappa shape index (κ2) is 16.4. The Kier molecular flexibility index (Phi) is 13.6. The minimum absolute atomic E-state index is 0.0666. The molecule has 3 nitrogen and oxygen atoms in total. The highest BCUT2D eigenvalue weighted by Gasteiger charge is 2.38. The van der Waals surface area contributed by atoms with Gasteiger partial charge in [-0.15, -0.1) is 0 Å². The lowest BCUT2D eigenvalue weighted by atomic mass is 9.98. The lowest BCUT2D eigenvalue weighted by Gasteiger charge is -2.19. The van der Waals surface area contributed by atoms with Crippen molar-refractivity contribution < 1.29 is 22.7 Å². The zero-order valence-electron chi connectivity index (χ0n) is 21.9. The third-order valence-corrected chi connectivity index (χ3v) is 6.63. The number of hydrogen-bond acceptors (Lipinski definition) is 3. The Balaban J connectivity index is 1.76. The van der Waals surface area contributed by atoms with Crippen LogP contribution in [0.25, 0.3) is 11.3 Å². The van der Waals surface area contributed by atoms with Gasteiger partial charge in [0.05, 0.1) is 23.8 Å². The SMILES string of the molecule is CCCCCCCCCCc1ccc(-c2ccc(C(=O)OCCC(CCCC)C(F)(F)F)cc2)nc1. The minimum atomic E-state index is -4.26. The third-order valence-electron chi connectivity index (χ3n) is 6.63. The van der Waals surface area contributed by atoms with Crippen LogP contribution in [0.2, 0.25) is 0 Å². The molecule has 0 spiro atoms. The van der Waals surface area contributed by atoms with E-state index in [-0.39, 0.29) is 19.4 Å². The molecule has 0 fully saturated rings. The third kappa shape index (κ3) is 11.1. The number of alkyl halides is 3. The number of aromatic nitrogens is 1. The van der Waals surface area contributed by atoms with E-state index in [4.69, 9.17) is 4.74 Å². The van der Waals surface area contributed by atoms with Gasteiger partial charge in [-0.05, 0) is 49.4 Å². The van der Waals surface area contributed by atoms with E-state index in [0.29, 0.717) is 18.4 Å². The molecule has 1 heterocycles. The standard InChI is InChI=1S/C30H42F3NO2/c1-3-5-7-8-9-10-11-12-13-24-15-20-28(34-23-24)25-16-18-26(19-17-25)29(35)36-22-21-27(14-6-4-2)30(31,32)33/h15-20,23,27H,3-14,21-22H2,1-2H3. The highest BCUT2D eigenvalue weighted by molar-refractivity contribution is 5.90. The monoisotopic (exact) mass is 505 g/mol. The van der Waals surface area contributed by atoms with Crippen LogP contribution in [0.5, 0.6) is 0 Å². The van der Waals surface area contributed by atoms with Crippen molar-refractivity contribution in [2.24, 2.45) is 5.92 Å². The maximum absolute atomic E-state index is 13.1. The Bertz CT molecular complexity index is 863. The maximum atomic E-state index is 13.1. The molecule has 0 amide bonds. The van der Waals surface area contributed by atoms with E-state index in [1.807, 2.05) is 19.2 Å².